The Bertz CT molecular complexity index is 1000. The largest absolute Gasteiger partial charge is 0.490 e. The first-order valence-corrected chi connectivity index (χ1v) is 9.97. The summed E-state index contributed by atoms with van der Waals surface area (Å²) in [4.78, 5) is 23.8. The minimum atomic E-state index is -1.14. The van der Waals surface area contributed by atoms with E-state index in [1.165, 1.54) is 0 Å². The fraction of sp³-hybridized carbons (Fsp3) is 0.273. The van der Waals surface area contributed by atoms with Crippen LogP contribution in [0.15, 0.2) is 65.1 Å². The second-order valence-corrected chi connectivity index (χ2v) is 7.20. The van der Waals surface area contributed by atoms with Crippen molar-refractivity contribution >= 4 is 24.1 Å². The van der Waals surface area contributed by atoms with E-state index in [2.05, 4.69) is 20.8 Å². The highest BCUT2D eigenvalue weighted by atomic mass is 16.6. The topological polar surface area (TPSA) is 116 Å². The molecule has 0 bridgehead atoms. The maximum absolute atomic E-state index is 12.7. The lowest BCUT2D eigenvalue weighted by Gasteiger charge is -2.38. The molecule has 160 valence electrons. The Morgan fingerprint density at radius 1 is 1.03 bits per heavy atom. The standard InChI is InChI=1S/C22H22N4O5/c27-15-29-22(13-11-18(12-14-22)30-17-9-5-2-6-10-17)24-19(28)20-25-26-21(31-20)23-16-7-3-1-4-8-16/h1-10,15,18H,11-14H2,(H,23,26)(H,24,28). The van der Waals surface area contributed by atoms with Crippen LogP contribution in [0.2, 0.25) is 0 Å². The average molecular weight is 422 g/mol. The molecule has 0 saturated heterocycles. The predicted octanol–water partition coefficient (Wildman–Crippen LogP) is 3.43. The van der Waals surface area contributed by atoms with E-state index in [9.17, 15) is 9.59 Å². The Labute approximate surface area is 178 Å². The van der Waals surface area contributed by atoms with Gasteiger partial charge >= 0.3 is 17.8 Å². The number of aromatic nitrogens is 2. The number of rotatable bonds is 8. The van der Waals surface area contributed by atoms with Crippen LogP contribution in [0, 0.1) is 0 Å². The summed E-state index contributed by atoms with van der Waals surface area (Å²) >= 11 is 0. The average Bonchev–Trinajstić information content (AvgIpc) is 3.26. The summed E-state index contributed by atoms with van der Waals surface area (Å²) in [6.45, 7) is 0.342. The molecular weight excluding hydrogens is 400 g/mol. The maximum atomic E-state index is 12.7. The molecule has 31 heavy (non-hydrogen) atoms. The van der Waals surface area contributed by atoms with E-state index < -0.39 is 11.6 Å². The van der Waals surface area contributed by atoms with Crippen LogP contribution in [0.3, 0.4) is 0 Å². The van der Waals surface area contributed by atoms with Crippen molar-refractivity contribution in [2.75, 3.05) is 5.32 Å². The Morgan fingerprint density at radius 3 is 2.39 bits per heavy atom. The van der Waals surface area contributed by atoms with Crippen molar-refractivity contribution in [1.29, 1.82) is 0 Å². The van der Waals surface area contributed by atoms with Crippen LogP contribution >= 0.6 is 0 Å². The van der Waals surface area contributed by atoms with Crippen molar-refractivity contribution in [3.63, 3.8) is 0 Å². The number of para-hydroxylation sites is 2. The summed E-state index contributed by atoms with van der Waals surface area (Å²) in [6, 6.07) is 18.8. The summed E-state index contributed by atoms with van der Waals surface area (Å²) in [6.07, 6.45) is 1.98. The second-order valence-electron chi connectivity index (χ2n) is 7.20. The molecule has 0 atom stereocenters. The van der Waals surface area contributed by atoms with Crippen molar-refractivity contribution in [3.05, 3.63) is 66.6 Å². The number of carbonyl (C=O) groups excluding carboxylic acids is 2. The van der Waals surface area contributed by atoms with Gasteiger partial charge in [-0.1, -0.05) is 41.5 Å². The lowest BCUT2D eigenvalue weighted by Crippen LogP contribution is -2.53. The molecule has 0 radical (unpaired) electrons. The number of hydrogen-bond acceptors (Lipinski definition) is 8. The van der Waals surface area contributed by atoms with Crippen molar-refractivity contribution in [1.82, 2.24) is 15.5 Å². The first kappa shape index (κ1) is 20.4. The van der Waals surface area contributed by atoms with Crippen LogP contribution in [0.25, 0.3) is 0 Å². The second kappa shape index (κ2) is 9.29. The van der Waals surface area contributed by atoms with Crippen molar-refractivity contribution in [2.45, 2.75) is 37.5 Å². The Balaban J connectivity index is 1.37. The number of anilines is 2. The van der Waals surface area contributed by atoms with Crippen LogP contribution in [-0.4, -0.2) is 34.4 Å². The summed E-state index contributed by atoms with van der Waals surface area (Å²) in [7, 11) is 0. The van der Waals surface area contributed by atoms with Crippen molar-refractivity contribution in [3.8, 4) is 5.75 Å². The van der Waals surface area contributed by atoms with Crippen LogP contribution in [0.4, 0.5) is 11.7 Å². The molecule has 4 rings (SSSR count). The highest BCUT2D eigenvalue weighted by Gasteiger charge is 2.40. The fourth-order valence-corrected chi connectivity index (χ4v) is 3.50. The molecule has 1 saturated carbocycles. The molecule has 1 amide bonds. The van der Waals surface area contributed by atoms with Crippen molar-refractivity contribution < 1.29 is 23.5 Å². The number of amides is 1. The quantitative estimate of drug-likeness (QED) is 0.419. The van der Waals surface area contributed by atoms with E-state index in [1.54, 1.807) is 0 Å². The number of carbonyl (C=O) groups is 2. The van der Waals surface area contributed by atoms with Gasteiger partial charge in [-0.15, -0.1) is 5.10 Å². The van der Waals surface area contributed by atoms with E-state index >= 15 is 0 Å². The van der Waals surface area contributed by atoms with Crippen LogP contribution in [-0.2, 0) is 9.53 Å². The molecule has 9 heteroatoms. The fourth-order valence-electron chi connectivity index (χ4n) is 3.50. The summed E-state index contributed by atoms with van der Waals surface area (Å²) in [5, 5.41) is 13.3. The Kier molecular flexibility index (Phi) is 6.11. The lowest BCUT2D eigenvalue weighted by molar-refractivity contribution is -0.152. The smallest absolute Gasteiger partial charge is 0.320 e. The lowest BCUT2D eigenvalue weighted by atomic mass is 9.89. The van der Waals surface area contributed by atoms with Gasteiger partial charge in [0, 0.05) is 18.5 Å². The molecule has 1 aromatic heterocycles. The number of hydrogen-bond donors (Lipinski definition) is 2. The summed E-state index contributed by atoms with van der Waals surface area (Å²) in [5.74, 6) is -0.0579. The minimum absolute atomic E-state index is 0.0345. The minimum Gasteiger partial charge on any atom is -0.490 e. The molecule has 0 aliphatic heterocycles. The SMILES string of the molecule is O=COC1(NC(=O)c2nnc(Nc3ccccc3)o2)CCC(Oc2ccccc2)CC1. The van der Waals surface area contributed by atoms with Gasteiger partial charge in [-0.2, -0.15) is 0 Å². The Morgan fingerprint density at radius 2 is 1.71 bits per heavy atom. The highest BCUT2D eigenvalue weighted by molar-refractivity contribution is 5.90. The van der Waals surface area contributed by atoms with Gasteiger partial charge in [-0.25, -0.2) is 0 Å². The molecule has 9 nitrogen and oxygen atoms in total. The molecule has 1 heterocycles. The molecule has 3 aromatic rings. The highest BCUT2D eigenvalue weighted by Crippen LogP contribution is 2.32. The van der Waals surface area contributed by atoms with Crippen LogP contribution in [0.1, 0.15) is 36.4 Å². The van der Waals surface area contributed by atoms with E-state index in [4.69, 9.17) is 13.9 Å². The van der Waals surface area contributed by atoms with Gasteiger partial charge in [-0.3, -0.25) is 9.59 Å². The number of benzene rings is 2. The molecule has 0 spiro atoms. The number of ether oxygens (including phenoxy) is 2. The third-order valence-electron chi connectivity index (χ3n) is 5.05. The first-order chi connectivity index (χ1) is 15.2. The number of nitrogens with one attached hydrogen (secondary N) is 2. The maximum Gasteiger partial charge on any atom is 0.320 e. The zero-order valence-electron chi connectivity index (χ0n) is 16.7. The normalized spacial score (nSPS) is 20.5. The molecule has 2 N–H and O–H groups in total. The zero-order chi connectivity index (χ0) is 21.5. The molecule has 1 aliphatic rings. The van der Waals surface area contributed by atoms with E-state index in [-0.39, 0.29) is 18.0 Å². The van der Waals surface area contributed by atoms with Crippen molar-refractivity contribution in [2.24, 2.45) is 0 Å². The zero-order valence-corrected chi connectivity index (χ0v) is 16.7. The van der Waals surface area contributed by atoms with Gasteiger partial charge in [0.05, 0.1) is 6.10 Å². The van der Waals surface area contributed by atoms with E-state index in [1.807, 2.05) is 60.7 Å². The monoisotopic (exact) mass is 422 g/mol. The van der Waals surface area contributed by atoms with Gasteiger partial charge in [0.1, 0.15) is 5.75 Å². The molecule has 1 aliphatic carbocycles. The van der Waals surface area contributed by atoms with Gasteiger partial charge in [0.2, 0.25) is 0 Å². The van der Waals surface area contributed by atoms with E-state index in [0.717, 1.165) is 11.4 Å². The molecule has 0 unspecified atom stereocenters. The molecular formula is C22H22N4O5. The third-order valence-corrected chi connectivity index (χ3v) is 5.05. The number of nitrogens with zero attached hydrogens (tertiary/aromatic N) is 2. The Hall–Kier alpha value is -3.88. The van der Waals surface area contributed by atoms with Crippen LogP contribution in [0.5, 0.6) is 5.75 Å². The van der Waals surface area contributed by atoms with Crippen LogP contribution < -0.4 is 15.4 Å². The van der Waals surface area contributed by atoms with Gasteiger partial charge in [-0.05, 0) is 37.1 Å². The molecule has 2 aromatic carbocycles. The van der Waals surface area contributed by atoms with Gasteiger partial charge in [0.15, 0.2) is 5.72 Å². The van der Waals surface area contributed by atoms with Gasteiger partial charge in [0.25, 0.3) is 6.47 Å². The summed E-state index contributed by atoms with van der Waals surface area (Å²) < 4.78 is 16.7. The molecule has 1 fully saturated rings. The van der Waals surface area contributed by atoms with E-state index in [0.29, 0.717) is 32.2 Å². The first-order valence-electron chi connectivity index (χ1n) is 9.97. The summed E-state index contributed by atoms with van der Waals surface area (Å²) in [5.41, 5.74) is -0.396. The third kappa shape index (κ3) is 5.19. The predicted molar refractivity (Wildman–Crippen MR) is 111 cm³/mol. The van der Waals surface area contributed by atoms with Gasteiger partial charge < -0.3 is 24.5 Å².